The molecule has 0 saturated heterocycles. The molecule has 1 rings (SSSR count). The second kappa shape index (κ2) is 5.08. The number of carboxylic acids is 1. The van der Waals surface area contributed by atoms with Gasteiger partial charge in [0.25, 0.3) is 0 Å². The zero-order valence-electron chi connectivity index (χ0n) is 5.91. The Hall–Kier alpha value is 0.350. The number of nitrogens with zero attached hydrogens (tertiary/aromatic N) is 1. The average Bonchev–Trinajstić information content (AvgIpc) is 1.88. The van der Waals surface area contributed by atoms with Crippen LogP contribution < -0.4 is 29.6 Å². The van der Waals surface area contributed by atoms with Crippen LogP contribution >= 0.6 is 22.6 Å². The van der Waals surface area contributed by atoms with Crippen LogP contribution in [0.1, 0.15) is 10.5 Å². The van der Waals surface area contributed by atoms with E-state index in [0.29, 0.717) is 0 Å². The Morgan fingerprint density at radius 3 is 2.64 bits per heavy atom. The maximum absolute atomic E-state index is 10.3. The quantitative estimate of drug-likeness (QED) is 0.494. The van der Waals surface area contributed by atoms with E-state index in [1.165, 1.54) is 12.3 Å². The fourth-order valence-corrected chi connectivity index (χ4v) is 0.978. The minimum atomic E-state index is -0.987. The largest absolute Gasteiger partial charge is 1.00 e. The van der Waals surface area contributed by atoms with Gasteiger partial charge in [-0.05, 0) is 34.7 Å². The summed E-state index contributed by atoms with van der Waals surface area (Å²) >= 11 is 2.04. The van der Waals surface area contributed by atoms with Gasteiger partial charge in [-0.2, -0.15) is 0 Å². The van der Waals surface area contributed by atoms with E-state index < -0.39 is 5.97 Å². The Bertz CT molecular complexity index is 267. The first kappa shape index (κ1) is 11.4. The molecule has 11 heavy (non-hydrogen) atoms. The molecule has 0 saturated carbocycles. The number of hydrogen-bond donors (Lipinski definition) is 1. The van der Waals surface area contributed by atoms with E-state index in [0.717, 1.165) is 3.57 Å². The number of pyridine rings is 1. The molecule has 52 valence electrons. The van der Waals surface area contributed by atoms with Gasteiger partial charge < -0.3 is 5.11 Å². The number of aromatic carboxylic acids is 1. The summed E-state index contributed by atoms with van der Waals surface area (Å²) in [5, 5.41) is 8.44. The van der Waals surface area contributed by atoms with Gasteiger partial charge in [-0.1, -0.05) is 0 Å². The van der Waals surface area contributed by atoms with Crippen LogP contribution in [-0.2, 0) is 0 Å². The summed E-state index contributed by atoms with van der Waals surface area (Å²) < 4.78 is 0.880. The second-order valence-corrected chi connectivity index (χ2v) is 2.91. The molecule has 1 aromatic rings. The Balaban J connectivity index is 0.000001000. The van der Waals surface area contributed by atoms with E-state index in [4.69, 9.17) is 5.11 Å². The van der Waals surface area contributed by atoms with E-state index in [9.17, 15) is 4.79 Å². The van der Waals surface area contributed by atoms with Gasteiger partial charge in [-0.3, -0.25) is 0 Å². The molecule has 0 radical (unpaired) electrons. The molecule has 1 heterocycles. The Morgan fingerprint density at radius 1 is 1.64 bits per heavy atom. The zero-order valence-corrected chi connectivity index (χ0v) is 10.1. The minimum absolute atomic E-state index is 0. The van der Waals surface area contributed by atoms with Gasteiger partial charge in [0, 0.05) is 9.77 Å². The molecule has 0 aliphatic carbocycles. The molecule has 0 unspecified atom stereocenters. The first-order valence-corrected chi connectivity index (χ1v) is 3.63. The second-order valence-electron chi connectivity index (χ2n) is 1.66. The first-order chi connectivity index (χ1) is 4.70. The summed E-state index contributed by atoms with van der Waals surface area (Å²) in [5.74, 6) is -0.987. The van der Waals surface area contributed by atoms with E-state index in [-0.39, 0.29) is 35.3 Å². The maximum Gasteiger partial charge on any atom is 1.00 e. The van der Waals surface area contributed by atoms with Crippen LogP contribution in [0.25, 0.3) is 0 Å². The van der Waals surface area contributed by atoms with E-state index >= 15 is 0 Å². The van der Waals surface area contributed by atoms with Gasteiger partial charge >= 0.3 is 35.5 Å². The van der Waals surface area contributed by atoms with Crippen molar-refractivity contribution in [3.63, 3.8) is 0 Å². The smallest absolute Gasteiger partial charge is 0.477 e. The summed E-state index contributed by atoms with van der Waals surface area (Å²) in [5.41, 5.74) is 0.0897. The third-order valence-electron chi connectivity index (χ3n) is 0.941. The fraction of sp³-hybridized carbons (Fsp3) is 0. The summed E-state index contributed by atoms with van der Waals surface area (Å²) in [6, 6.07) is 3.26. The van der Waals surface area contributed by atoms with Gasteiger partial charge in [0.1, 0.15) is 5.69 Å². The molecule has 0 aliphatic rings. The molecule has 0 aliphatic heterocycles. The number of aromatic nitrogens is 1. The molecule has 0 bridgehead atoms. The van der Waals surface area contributed by atoms with Gasteiger partial charge in [-0.15, -0.1) is 0 Å². The predicted molar refractivity (Wildman–Crippen MR) is 43.9 cm³/mol. The molecule has 0 atom stereocenters. The standard InChI is InChI=1S/C6H4INO2.Na/c7-4-1-2-8-5(3-4)6(9)10;/h1-3H,(H,9,10);/q;+1. The monoisotopic (exact) mass is 272 g/mol. The van der Waals surface area contributed by atoms with Crippen molar-refractivity contribution in [2.75, 3.05) is 0 Å². The van der Waals surface area contributed by atoms with Gasteiger partial charge in [0.15, 0.2) is 0 Å². The Labute approximate surface area is 99.6 Å². The average molecular weight is 272 g/mol. The Kier molecular flexibility index (Phi) is 5.24. The topological polar surface area (TPSA) is 50.2 Å². The molecule has 3 nitrogen and oxygen atoms in total. The first-order valence-electron chi connectivity index (χ1n) is 2.55. The maximum atomic E-state index is 10.3. The van der Waals surface area contributed by atoms with Gasteiger partial charge in [0.2, 0.25) is 0 Å². The Morgan fingerprint density at radius 2 is 2.27 bits per heavy atom. The van der Waals surface area contributed by atoms with Crippen LogP contribution in [0, 0.1) is 3.57 Å². The van der Waals surface area contributed by atoms with Crippen LogP contribution in [0.3, 0.4) is 0 Å². The van der Waals surface area contributed by atoms with Crippen LogP contribution in [-0.4, -0.2) is 16.1 Å². The number of halogens is 1. The molecule has 5 heteroatoms. The van der Waals surface area contributed by atoms with E-state index in [1.54, 1.807) is 6.07 Å². The number of rotatable bonds is 1. The predicted octanol–water partition coefficient (Wildman–Crippen LogP) is -1.61. The summed E-state index contributed by atoms with van der Waals surface area (Å²) in [7, 11) is 0. The van der Waals surface area contributed by atoms with Crippen molar-refractivity contribution >= 4 is 28.6 Å². The normalized spacial score (nSPS) is 8.45. The van der Waals surface area contributed by atoms with Crippen molar-refractivity contribution in [2.24, 2.45) is 0 Å². The molecule has 0 fully saturated rings. The fourth-order valence-electron chi connectivity index (χ4n) is 0.522. The van der Waals surface area contributed by atoms with Crippen molar-refractivity contribution in [3.05, 3.63) is 27.6 Å². The molecular weight excluding hydrogens is 268 g/mol. The van der Waals surface area contributed by atoms with Crippen LogP contribution in [0.15, 0.2) is 18.3 Å². The third-order valence-corrected chi connectivity index (χ3v) is 1.61. The van der Waals surface area contributed by atoms with Crippen molar-refractivity contribution in [2.45, 2.75) is 0 Å². The van der Waals surface area contributed by atoms with Crippen molar-refractivity contribution in [1.29, 1.82) is 0 Å². The van der Waals surface area contributed by atoms with Crippen molar-refractivity contribution < 1.29 is 39.5 Å². The van der Waals surface area contributed by atoms with Crippen molar-refractivity contribution in [3.8, 4) is 0 Å². The number of carbonyl (C=O) groups is 1. The van der Waals surface area contributed by atoms with E-state index in [1.807, 2.05) is 22.6 Å². The molecule has 0 amide bonds. The molecule has 0 aromatic carbocycles. The zero-order chi connectivity index (χ0) is 7.56. The van der Waals surface area contributed by atoms with E-state index in [2.05, 4.69) is 4.98 Å². The molecule has 1 N–H and O–H groups in total. The number of hydrogen-bond acceptors (Lipinski definition) is 2. The molecule has 0 spiro atoms. The minimum Gasteiger partial charge on any atom is -0.477 e. The summed E-state index contributed by atoms with van der Waals surface area (Å²) in [6.45, 7) is 0. The number of carboxylic acid groups (broad SMARTS) is 1. The van der Waals surface area contributed by atoms with Crippen LogP contribution in [0.2, 0.25) is 0 Å². The van der Waals surface area contributed by atoms with Crippen LogP contribution in [0.5, 0.6) is 0 Å². The third kappa shape index (κ3) is 3.50. The van der Waals surface area contributed by atoms with Gasteiger partial charge in [0.05, 0.1) is 0 Å². The molecular formula is C6H4INNaO2+. The van der Waals surface area contributed by atoms with Gasteiger partial charge in [-0.25, -0.2) is 9.78 Å². The summed E-state index contributed by atoms with van der Waals surface area (Å²) in [6.07, 6.45) is 1.48. The van der Waals surface area contributed by atoms with Crippen LogP contribution in [0.4, 0.5) is 0 Å². The van der Waals surface area contributed by atoms with Crippen molar-refractivity contribution in [1.82, 2.24) is 4.98 Å². The summed E-state index contributed by atoms with van der Waals surface area (Å²) in [4.78, 5) is 13.9. The SMILES string of the molecule is O=C(O)c1cc(I)ccn1.[Na+]. The molecule has 1 aromatic heterocycles.